The number of hydrogen-bond donors (Lipinski definition) is 1. The molecule has 0 spiro atoms. The van der Waals surface area contributed by atoms with Crippen molar-refractivity contribution >= 4 is 17.2 Å². The number of aromatic nitrogens is 1. The Kier molecular flexibility index (Phi) is 3.19. The Bertz CT molecular complexity index is 563. The average molecular weight is 252 g/mol. The summed E-state index contributed by atoms with van der Waals surface area (Å²) in [7, 11) is 0. The average Bonchev–Trinajstić information content (AvgIpc) is 2.71. The van der Waals surface area contributed by atoms with Gasteiger partial charge in [0.1, 0.15) is 16.6 Å². The lowest BCUT2D eigenvalue weighted by molar-refractivity contribution is 0.577. The van der Waals surface area contributed by atoms with Crippen molar-refractivity contribution in [1.29, 1.82) is 0 Å². The smallest absolute Gasteiger partial charge is 0.128 e. The van der Waals surface area contributed by atoms with E-state index in [0.29, 0.717) is 5.69 Å². The normalized spacial score (nSPS) is 10.5. The number of nitrogens with two attached hydrogens (primary N) is 1. The fourth-order valence-electron chi connectivity index (χ4n) is 1.62. The first kappa shape index (κ1) is 11.7. The fraction of sp³-hybridized carbons (Fsp3) is 0.0833. The minimum atomic E-state index is -0.467. The third kappa shape index (κ3) is 2.50. The molecule has 0 radical (unpaired) electrons. The minimum absolute atomic E-state index is 0.198. The van der Waals surface area contributed by atoms with Crippen molar-refractivity contribution in [3.63, 3.8) is 0 Å². The molecule has 1 heterocycles. The van der Waals surface area contributed by atoms with E-state index in [1.165, 1.54) is 6.07 Å². The van der Waals surface area contributed by atoms with Crippen LogP contribution in [0.3, 0.4) is 0 Å². The molecule has 0 bridgehead atoms. The third-order valence-electron chi connectivity index (χ3n) is 2.43. The highest BCUT2D eigenvalue weighted by Gasteiger charge is 2.08. The van der Waals surface area contributed by atoms with Gasteiger partial charge in [0.2, 0.25) is 0 Å². The molecule has 0 atom stereocenters. The number of hydrogen-bond acceptors (Lipinski definition) is 1. The van der Waals surface area contributed by atoms with Crippen LogP contribution in [0.4, 0.5) is 8.78 Å². The van der Waals surface area contributed by atoms with Gasteiger partial charge in [0, 0.05) is 11.8 Å². The van der Waals surface area contributed by atoms with E-state index in [1.807, 2.05) is 0 Å². The van der Waals surface area contributed by atoms with Gasteiger partial charge in [-0.1, -0.05) is 12.2 Å². The Morgan fingerprint density at radius 3 is 2.76 bits per heavy atom. The molecule has 0 amide bonds. The van der Waals surface area contributed by atoms with Crippen LogP contribution >= 0.6 is 12.2 Å². The van der Waals surface area contributed by atoms with E-state index < -0.39 is 11.6 Å². The van der Waals surface area contributed by atoms with Crippen molar-refractivity contribution in [3.8, 4) is 0 Å². The van der Waals surface area contributed by atoms with Crippen LogP contribution in [0.5, 0.6) is 0 Å². The molecule has 0 aliphatic rings. The van der Waals surface area contributed by atoms with E-state index in [2.05, 4.69) is 0 Å². The van der Waals surface area contributed by atoms with Crippen molar-refractivity contribution < 1.29 is 8.78 Å². The lowest BCUT2D eigenvalue weighted by Crippen LogP contribution is -2.16. The molecule has 0 aliphatic heterocycles. The summed E-state index contributed by atoms with van der Waals surface area (Å²) in [4.78, 5) is 0.229. The summed E-state index contributed by atoms with van der Waals surface area (Å²) in [5.41, 5.74) is 6.41. The van der Waals surface area contributed by atoms with Crippen molar-refractivity contribution in [2.45, 2.75) is 6.54 Å². The van der Waals surface area contributed by atoms with Gasteiger partial charge in [-0.05, 0) is 30.3 Å². The summed E-state index contributed by atoms with van der Waals surface area (Å²) in [6.45, 7) is 0.198. The molecule has 5 heteroatoms. The van der Waals surface area contributed by atoms with Crippen LogP contribution in [0.15, 0.2) is 36.5 Å². The molecule has 2 rings (SSSR count). The van der Waals surface area contributed by atoms with Gasteiger partial charge in [0.15, 0.2) is 0 Å². The van der Waals surface area contributed by atoms with Crippen LogP contribution in [0.1, 0.15) is 11.3 Å². The molecular weight excluding hydrogens is 242 g/mol. The quantitative estimate of drug-likeness (QED) is 0.851. The summed E-state index contributed by atoms with van der Waals surface area (Å²) < 4.78 is 28.1. The number of rotatable bonds is 3. The predicted octanol–water partition coefficient (Wildman–Crippen LogP) is 2.45. The Labute approximate surface area is 103 Å². The van der Waals surface area contributed by atoms with Gasteiger partial charge < -0.3 is 10.3 Å². The van der Waals surface area contributed by atoms with E-state index >= 15 is 0 Å². The van der Waals surface area contributed by atoms with Crippen LogP contribution in [0.2, 0.25) is 0 Å². The van der Waals surface area contributed by atoms with Gasteiger partial charge in [0.05, 0.1) is 12.2 Å². The Morgan fingerprint density at radius 2 is 2.06 bits per heavy atom. The van der Waals surface area contributed by atoms with Crippen LogP contribution in [-0.4, -0.2) is 9.56 Å². The van der Waals surface area contributed by atoms with E-state index in [4.69, 9.17) is 18.0 Å². The Balaban J connectivity index is 2.34. The van der Waals surface area contributed by atoms with E-state index in [0.717, 1.165) is 12.1 Å². The van der Waals surface area contributed by atoms with Crippen molar-refractivity contribution in [3.05, 3.63) is 59.4 Å². The summed E-state index contributed by atoms with van der Waals surface area (Å²) >= 11 is 4.87. The van der Waals surface area contributed by atoms with Gasteiger partial charge in [0.25, 0.3) is 0 Å². The zero-order valence-electron chi connectivity index (χ0n) is 8.86. The second-order valence-electron chi connectivity index (χ2n) is 3.62. The Hall–Kier alpha value is -1.75. The zero-order valence-corrected chi connectivity index (χ0v) is 9.68. The summed E-state index contributed by atoms with van der Waals surface area (Å²) in [5.74, 6) is -0.917. The van der Waals surface area contributed by atoms with Crippen LogP contribution in [0.25, 0.3) is 0 Å². The molecule has 1 aromatic carbocycles. The number of halogens is 2. The Morgan fingerprint density at radius 1 is 1.29 bits per heavy atom. The van der Waals surface area contributed by atoms with Crippen LogP contribution in [0, 0.1) is 11.6 Å². The minimum Gasteiger partial charge on any atom is -0.388 e. The lowest BCUT2D eigenvalue weighted by atomic mass is 10.2. The SMILES string of the molecule is NC(=S)c1cccn1Cc1cc(F)ccc1F. The second kappa shape index (κ2) is 4.63. The largest absolute Gasteiger partial charge is 0.388 e. The molecule has 2 nitrogen and oxygen atoms in total. The maximum atomic E-state index is 13.5. The van der Waals surface area contributed by atoms with Crippen molar-refractivity contribution in [2.24, 2.45) is 5.73 Å². The van der Waals surface area contributed by atoms with E-state index in [9.17, 15) is 8.78 Å². The standard InChI is InChI=1S/C12H10F2N2S/c13-9-3-4-10(14)8(6-9)7-16-5-1-2-11(16)12(15)17/h1-6H,7H2,(H2,15,17). The van der Waals surface area contributed by atoms with Gasteiger partial charge in [-0.15, -0.1) is 0 Å². The first-order valence-corrected chi connectivity index (χ1v) is 5.37. The van der Waals surface area contributed by atoms with Gasteiger partial charge in [-0.25, -0.2) is 8.78 Å². The zero-order chi connectivity index (χ0) is 12.4. The molecule has 0 aliphatic carbocycles. The highest BCUT2D eigenvalue weighted by Crippen LogP contribution is 2.13. The first-order valence-electron chi connectivity index (χ1n) is 4.97. The van der Waals surface area contributed by atoms with Gasteiger partial charge in [-0.2, -0.15) is 0 Å². The molecule has 0 saturated heterocycles. The second-order valence-corrected chi connectivity index (χ2v) is 4.06. The van der Waals surface area contributed by atoms with E-state index in [1.54, 1.807) is 22.9 Å². The van der Waals surface area contributed by atoms with Crippen LogP contribution < -0.4 is 5.73 Å². The van der Waals surface area contributed by atoms with E-state index in [-0.39, 0.29) is 17.1 Å². The molecule has 0 unspecified atom stereocenters. The molecule has 2 N–H and O–H groups in total. The number of benzene rings is 1. The molecule has 2 aromatic rings. The fourth-order valence-corrected chi connectivity index (χ4v) is 1.81. The van der Waals surface area contributed by atoms with Gasteiger partial charge >= 0.3 is 0 Å². The van der Waals surface area contributed by atoms with Crippen LogP contribution in [-0.2, 0) is 6.54 Å². The number of nitrogens with zero attached hydrogens (tertiary/aromatic N) is 1. The topological polar surface area (TPSA) is 30.9 Å². The maximum Gasteiger partial charge on any atom is 0.128 e. The van der Waals surface area contributed by atoms with Gasteiger partial charge in [-0.3, -0.25) is 0 Å². The highest BCUT2D eigenvalue weighted by molar-refractivity contribution is 7.80. The summed E-state index contributed by atoms with van der Waals surface area (Å²) in [6, 6.07) is 6.85. The lowest BCUT2D eigenvalue weighted by Gasteiger charge is -2.09. The third-order valence-corrected chi connectivity index (χ3v) is 2.64. The van der Waals surface area contributed by atoms with Crippen molar-refractivity contribution in [1.82, 2.24) is 4.57 Å². The molecule has 0 saturated carbocycles. The number of thiocarbonyl (C=S) groups is 1. The molecular formula is C12H10F2N2S. The monoisotopic (exact) mass is 252 g/mol. The molecule has 88 valence electrons. The summed E-state index contributed by atoms with van der Waals surface area (Å²) in [6.07, 6.45) is 1.72. The molecule has 1 aromatic heterocycles. The first-order chi connectivity index (χ1) is 8.08. The maximum absolute atomic E-state index is 13.5. The highest BCUT2D eigenvalue weighted by atomic mass is 32.1. The predicted molar refractivity (Wildman–Crippen MR) is 65.8 cm³/mol. The van der Waals surface area contributed by atoms with Crippen molar-refractivity contribution in [2.75, 3.05) is 0 Å². The molecule has 0 fully saturated rings. The summed E-state index contributed by atoms with van der Waals surface area (Å²) in [5, 5.41) is 0. The molecule has 17 heavy (non-hydrogen) atoms.